The maximum Gasteiger partial charge on any atom is 0.401 e. The van der Waals surface area contributed by atoms with Crippen molar-refractivity contribution in [2.45, 2.75) is 12.4 Å². The third kappa shape index (κ3) is 2.96. The van der Waals surface area contributed by atoms with Crippen LogP contribution in [-0.2, 0) is 0 Å². The molecule has 0 spiro atoms. The number of alkyl halides is 3. The molecule has 0 saturated carbocycles. The van der Waals surface area contributed by atoms with E-state index in [1.807, 2.05) is 0 Å². The van der Waals surface area contributed by atoms with Crippen molar-refractivity contribution in [3.63, 3.8) is 0 Å². The van der Waals surface area contributed by atoms with E-state index in [4.69, 9.17) is 5.11 Å². The first kappa shape index (κ1) is 9.76. The van der Waals surface area contributed by atoms with E-state index in [0.29, 0.717) is 6.54 Å². The molecule has 2 N–H and O–H groups in total. The van der Waals surface area contributed by atoms with Crippen molar-refractivity contribution in [1.29, 1.82) is 0 Å². The first-order valence-corrected chi connectivity index (χ1v) is 3.68. The summed E-state index contributed by atoms with van der Waals surface area (Å²) in [5.41, 5.74) is 0. The van der Waals surface area contributed by atoms with E-state index in [2.05, 4.69) is 5.32 Å². The Kier molecular flexibility index (Phi) is 2.92. The average molecular weight is 184 g/mol. The summed E-state index contributed by atoms with van der Waals surface area (Å²) in [6.45, 7) is -0.0975. The molecule has 1 rings (SSSR count). The summed E-state index contributed by atoms with van der Waals surface area (Å²) >= 11 is 0. The Morgan fingerprint density at radius 1 is 1.50 bits per heavy atom. The monoisotopic (exact) mass is 184 g/mol. The van der Waals surface area contributed by atoms with Gasteiger partial charge in [-0.15, -0.1) is 0 Å². The summed E-state index contributed by atoms with van der Waals surface area (Å²) in [4.78, 5) is 1.01. The van der Waals surface area contributed by atoms with Crippen LogP contribution in [0.4, 0.5) is 13.2 Å². The number of β-amino-alcohol motifs (C(OH)–C–C–N with tert-alkyl or cyclic N) is 1. The number of nitrogens with zero attached hydrogens (tertiary/aromatic N) is 1. The van der Waals surface area contributed by atoms with Crippen molar-refractivity contribution in [2.75, 3.05) is 26.2 Å². The molecule has 1 fully saturated rings. The minimum atomic E-state index is -4.22. The van der Waals surface area contributed by atoms with Crippen LogP contribution in [0.3, 0.4) is 0 Å². The van der Waals surface area contributed by atoms with E-state index < -0.39 is 18.9 Å². The summed E-state index contributed by atoms with van der Waals surface area (Å²) in [7, 11) is 0. The van der Waals surface area contributed by atoms with Crippen LogP contribution in [0.2, 0.25) is 0 Å². The standard InChI is InChI=1S/C6H11F3N2O/c7-6(8,9)4-11-2-1-10-3-5(11)12/h5,10,12H,1-4H2. The van der Waals surface area contributed by atoms with Gasteiger partial charge < -0.3 is 10.4 Å². The van der Waals surface area contributed by atoms with Crippen LogP contribution in [0.15, 0.2) is 0 Å². The Bertz CT molecular complexity index is 150. The zero-order valence-electron chi connectivity index (χ0n) is 6.43. The van der Waals surface area contributed by atoms with Crippen LogP contribution in [0.1, 0.15) is 0 Å². The third-order valence-corrected chi connectivity index (χ3v) is 1.71. The molecule has 1 aliphatic heterocycles. The molecule has 6 heteroatoms. The van der Waals surface area contributed by atoms with Crippen molar-refractivity contribution < 1.29 is 18.3 Å². The molecule has 0 aromatic rings. The van der Waals surface area contributed by atoms with Crippen molar-refractivity contribution in [2.24, 2.45) is 0 Å². The number of rotatable bonds is 1. The fourth-order valence-corrected chi connectivity index (χ4v) is 1.15. The second kappa shape index (κ2) is 3.59. The second-order valence-electron chi connectivity index (χ2n) is 2.77. The van der Waals surface area contributed by atoms with Gasteiger partial charge in [-0.2, -0.15) is 13.2 Å². The summed E-state index contributed by atoms with van der Waals surface area (Å²) < 4.78 is 35.5. The van der Waals surface area contributed by atoms with Gasteiger partial charge in [-0.25, -0.2) is 0 Å². The number of aliphatic hydroxyl groups excluding tert-OH is 1. The van der Waals surface area contributed by atoms with Crippen molar-refractivity contribution in [3.05, 3.63) is 0 Å². The molecule has 1 atom stereocenters. The number of piperazine rings is 1. The first-order chi connectivity index (χ1) is 5.49. The largest absolute Gasteiger partial charge is 0.401 e. The minimum absolute atomic E-state index is 0.204. The van der Waals surface area contributed by atoms with Gasteiger partial charge in [0.25, 0.3) is 0 Å². The Hall–Kier alpha value is -0.330. The molecule has 0 aliphatic carbocycles. The van der Waals surface area contributed by atoms with E-state index in [9.17, 15) is 13.2 Å². The zero-order valence-corrected chi connectivity index (χ0v) is 6.43. The van der Waals surface area contributed by atoms with Gasteiger partial charge in [-0.05, 0) is 0 Å². The molecule has 0 amide bonds. The van der Waals surface area contributed by atoms with Gasteiger partial charge in [0, 0.05) is 19.6 Å². The highest BCUT2D eigenvalue weighted by Crippen LogP contribution is 2.17. The fourth-order valence-electron chi connectivity index (χ4n) is 1.15. The van der Waals surface area contributed by atoms with Gasteiger partial charge in [-0.3, -0.25) is 4.90 Å². The van der Waals surface area contributed by atoms with E-state index >= 15 is 0 Å². The van der Waals surface area contributed by atoms with Crippen LogP contribution in [0.5, 0.6) is 0 Å². The summed E-state index contributed by atoms with van der Waals surface area (Å²) in [6.07, 6.45) is -5.24. The lowest BCUT2D eigenvalue weighted by Gasteiger charge is -2.32. The molecule has 1 aliphatic rings. The molecule has 72 valence electrons. The second-order valence-corrected chi connectivity index (χ2v) is 2.77. The minimum Gasteiger partial charge on any atom is -0.377 e. The molecule has 12 heavy (non-hydrogen) atoms. The summed E-state index contributed by atoms with van der Waals surface area (Å²) in [5.74, 6) is 0. The van der Waals surface area contributed by atoms with E-state index in [1.54, 1.807) is 0 Å². The zero-order chi connectivity index (χ0) is 9.19. The molecule has 0 aromatic carbocycles. The molecule has 1 heterocycles. The Morgan fingerprint density at radius 2 is 2.17 bits per heavy atom. The quantitative estimate of drug-likeness (QED) is 0.591. The lowest BCUT2D eigenvalue weighted by molar-refractivity contribution is -0.168. The van der Waals surface area contributed by atoms with Crippen LogP contribution in [0, 0.1) is 0 Å². The maximum atomic E-state index is 11.8. The van der Waals surface area contributed by atoms with Gasteiger partial charge in [0.1, 0.15) is 6.23 Å². The lowest BCUT2D eigenvalue weighted by atomic mass is 10.3. The number of nitrogens with one attached hydrogen (secondary N) is 1. The van der Waals surface area contributed by atoms with Crippen molar-refractivity contribution in [3.8, 4) is 0 Å². The third-order valence-electron chi connectivity index (χ3n) is 1.71. The molecular formula is C6H11F3N2O. The summed E-state index contributed by atoms with van der Waals surface area (Å²) in [6, 6.07) is 0. The van der Waals surface area contributed by atoms with Gasteiger partial charge in [-0.1, -0.05) is 0 Å². The van der Waals surface area contributed by atoms with Gasteiger partial charge >= 0.3 is 6.18 Å². The van der Waals surface area contributed by atoms with Crippen LogP contribution in [-0.4, -0.2) is 48.6 Å². The van der Waals surface area contributed by atoms with Crippen LogP contribution in [0.25, 0.3) is 0 Å². The highest BCUT2D eigenvalue weighted by atomic mass is 19.4. The normalized spacial score (nSPS) is 27.5. The van der Waals surface area contributed by atoms with Crippen molar-refractivity contribution in [1.82, 2.24) is 10.2 Å². The fraction of sp³-hybridized carbons (Fsp3) is 1.00. The van der Waals surface area contributed by atoms with Gasteiger partial charge in [0.05, 0.1) is 6.54 Å². The molecule has 0 bridgehead atoms. The predicted octanol–water partition coefficient (Wildman–Crippen LogP) is -0.228. The average Bonchev–Trinajstić information content (AvgIpc) is 1.91. The Morgan fingerprint density at radius 3 is 2.67 bits per heavy atom. The summed E-state index contributed by atoms with van der Waals surface area (Å²) in [5, 5.41) is 11.9. The highest BCUT2D eigenvalue weighted by Gasteiger charge is 2.34. The SMILES string of the molecule is OC1CNCCN1CC(F)(F)F. The Balaban J connectivity index is 2.39. The number of hydrogen-bond donors (Lipinski definition) is 2. The topological polar surface area (TPSA) is 35.5 Å². The van der Waals surface area contributed by atoms with E-state index in [0.717, 1.165) is 4.90 Å². The molecule has 1 saturated heterocycles. The molecule has 3 nitrogen and oxygen atoms in total. The molecule has 1 unspecified atom stereocenters. The predicted molar refractivity (Wildman–Crippen MR) is 36.5 cm³/mol. The lowest BCUT2D eigenvalue weighted by Crippen LogP contribution is -2.53. The van der Waals surface area contributed by atoms with Crippen LogP contribution < -0.4 is 5.32 Å². The van der Waals surface area contributed by atoms with E-state index in [-0.39, 0.29) is 13.1 Å². The number of hydrogen-bond acceptors (Lipinski definition) is 3. The maximum absolute atomic E-state index is 11.8. The first-order valence-electron chi connectivity index (χ1n) is 3.68. The molecule has 0 aromatic heterocycles. The van der Waals surface area contributed by atoms with Crippen molar-refractivity contribution >= 4 is 0 Å². The highest BCUT2D eigenvalue weighted by molar-refractivity contribution is 4.73. The van der Waals surface area contributed by atoms with E-state index in [1.165, 1.54) is 0 Å². The molecule has 0 radical (unpaired) electrons. The Labute approximate surface area is 68.2 Å². The van der Waals surface area contributed by atoms with Gasteiger partial charge in [0.15, 0.2) is 0 Å². The number of halogens is 3. The number of aliphatic hydroxyl groups is 1. The smallest absolute Gasteiger partial charge is 0.377 e. The molecular weight excluding hydrogens is 173 g/mol. The van der Waals surface area contributed by atoms with Crippen LogP contribution >= 0.6 is 0 Å². The van der Waals surface area contributed by atoms with Gasteiger partial charge in [0.2, 0.25) is 0 Å².